The summed E-state index contributed by atoms with van der Waals surface area (Å²) in [6.45, 7) is 0. The first kappa shape index (κ1) is 12.6. The molecule has 2 aromatic carbocycles. The Morgan fingerprint density at radius 1 is 0.842 bits per heavy atom. The molecular formula is C14H10O5. The van der Waals surface area contributed by atoms with Gasteiger partial charge in [-0.25, -0.2) is 9.59 Å². The molecule has 96 valence electrons. The van der Waals surface area contributed by atoms with Gasteiger partial charge in [0.2, 0.25) is 0 Å². The average Bonchev–Trinajstić information content (AvgIpc) is 2.38. The van der Waals surface area contributed by atoms with Gasteiger partial charge in [-0.2, -0.15) is 0 Å². The van der Waals surface area contributed by atoms with Crippen LogP contribution in [0.4, 0.5) is 4.79 Å². The number of carboxylic acid groups (broad SMARTS) is 2. The van der Waals surface area contributed by atoms with E-state index in [0.717, 1.165) is 0 Å². The molecule has 0 radical (unpaired) electrons. The van der Waals surface area contributed by atoms with Crippen LogP contribution in [0.5, 0.6) is 5.75 Å². The fourth-order valence-corrected chi connectivity index (χ4v) is 1.78. The average molecular weight is 258 g/mol. The van der Waals surface area contributed by atoms with Crippen LogP contribution in [-0.2, 0) is 0 Å². The molecule has 0 heterocycles. The Morgan fingerprint density at radius 2 is 1.42 bits per heavy atom. The second kappa shape index (κ2) is 5.22. The van der Waals surface area contributed by atoms with Crippen molar-refractivity contribution in [1.29, 1.82) is 0 Å². The van der Waals surface area contributed by atoms with Crippen molar-refractivity contribution >= 4 is 12.1 Å². The summed E-state index contributed by atoms with van der Waals surface area (Å²) in [6.07, 6.45) is -1.44. The predicted molar refractivity (Wildman–Crippen MR) is 67.5 cm³/mol. The third-order valence-electron chi connectivity index (χ3n) is 2.53. The minimum absolute atomic E-state index is 0.0870. The lowest BCUT2D eigenvalue weighted by atomic mass is 9.99. The molecule has 0 spiro atoms. The summed E-state index contributed by atoms with van der Waals surface area (Å²) in [7, 11) is 0. The van der Waals surface area contributed by atoms with Gasteiger partial charge in [-0.1, -0.05) is 36.4 Å². The number of ether oxygens (including phenoxy) is 1. The number of carbonyl (C=O) groups is 2. The topological polar surface area (TPSA) is 83.8 Å². The summed E-state index contributed by atoms with van der Waals surface area (Å²) in [4.78, 5) is 21.8. The van der Waals surface area contributed by atoms with Gasteiger partial charge in [0, 0.05) is 5.56 Å². The Bertz CT molecular complexity index is 633. The Morgan fingerprint density at radius 3 is 2.05 bits per heavy atom. The zero-order chi connectivity index (χ0) is 13.8. The van der Waals surface area contributed by atoms with Crippen molar-refractivity contribution in [2.24, 2.45) is 0 Å². The lowest BCUT2D eigenvalue weighted by Gasteiger charge is -2.10. The van der Waals surface area contributed by atoms with E-state index in [1.54, 1.807) is 36.4 Å². The van der Waals surface area contributed by atoms with Gasteiger partial charge in [0.15, 0.2) is 0 Å². The molecule has 5 heteroatoms. The van der Waals surface area contributed by atoms with E-state index in [-0.39, 0.29) is 11.3 Å². The molecule has 0 bridgehead atoms. The van der Waals surface area contributed by atoms with E-state index >= 15 is 0 Å². The van der Waals surface area contributed by atoms with E-state index in [1.807, 2.05) is 0 Å². The first-order valence-corrected chi connectivity index (χ1v) is 5.42. The summed E-state index contributed by atoms with van der Waals surface area (Å²) in [5.41, 5.74) is 0.915. The van der Waals surface area contributed by atoms with Crippen molar-refractivity contribution < 1.29 is 24.5 Å². The van der Waals surface area contributed by atoms with Crippen molar-refractivity contribution in [3.8, 4) is 16.9 Å². The largest absolute Gasteiger partial charge is 0.511 e. The highest BCUT2D eigenvalue weighted by Crippen LogP contribution is 2.32. The maximum atomic E-state index is 11.2. The number of hydrogen-bond donors (Lipinski definition) is 2. The molecule has 0 fully saturated rings. The lowest BCUT2D eigenvalue weighted by Crippen LogP contribution is -2.05. The van der Waals surface area contributed by atoms with E-state index < -0.39 is 12.1 Å². The van der Waals surface area contributed by atoms with Crippen LogP contribution in [0.25, 0.3) is 11.1 Å². The standard InChI is InChI=1S/C14H10O5/c15-13(16)11-7-2-1-5-9(11)10-6-3-4-8-12(10)19-14(17)18/h1-8H,(H,15,16)(H,17,18). The van der Waals surface area contributed by atoms with Crippen molar-refractivity contribution in [2.45, 2.75) is 0 Å². The van der Waals surface area contributed by atoms with Crippen LogP contribution >= 0.6 is 0 Å². The molecule has 2 N–H and O–H groups in total. The van der Waals surface area contributed by atoms with Crippen LogP contribution in [0.1, 0.15) is 10.4 Å². The number of rotatable bonds is 3. The van der Waals surface area contributed by atoms with Gasteiger partial charge in [0.1, 0.15) is 5.75 Å². The number of para-hydroxylation sites is 1. The van der Waals surface area contributed by atoms with Gasteiger partial charge in [0.05, 0.1) is 5.56 Å². The Hall–Kier alpha value is -2.82. The third kappa shape index (κ3) is 2.71. The van der Waals surface area contributed by atoms with Gasteiger partial charge >= 0.3 is 12.1 Å². The van der Waals surface area contributed by atoms with E-state index in [1.165, 1.54) is 12.1 Å². The Balaban J connectivity index is 2.59. The highest BCUT2D eigenvalue weighted by atomic mass is 16.7. The van der Waals surface area contributed by atoms with Crippen LogP contribution in [0.15, 0.2) is 48.5 Å². The fraction of sp³-hybridized carbons (Fsp3) is 0. The summed E-state index contributed by atoms with van der Waals surface area (Å²) >= 11 is 0. The summed E-state index contributed by atoms with van der Waals surface area (Å²) in [5.74, 6) is -0.982. The third-order valence-corrected chi connectivity index (χ3v) is 2.53. The van der Waals surface area contributed by atoms with E-state index in [4.69, 9.17) is 10.2 Å². The van der Waals surface area contributed by atoms with E-state index in [9.17, 15) is 9.59 Å². The Kier molecular flexibility index (Phi) is 3.47. The van der Waals surface area contributed by atoms with Crippen LogP contribution in [0.3, 0.4) is 0 Å². The molecule has 0 aliphatic carbocycles. The molecule has 0 amide bonds. The van der Waals surface area contributed by atoms with Crippen molar-refractivity contribution in [2.75, 3.05) is 0 Å². The minimum Gasteiger partial charge on any atom is -0.478 e. The number of aromatic carboxylic acids is 1. The van der Waals surface area contributed by atoms with E-state index in [0.29, 0.717) is 11.1 Å². The van der Waals surface area contributed by atoms with Gasteiger partial charge < -0.3 is 14.9 Å². The molecule has 0 saturated heterocycles. The van der Waals surface area contributed by atoms with Gasteiger partial charge in [-0.05, 0) is 17.7 Å². The first-order valence-electron chi connectivity index (χ1n) is 5.42. The smallest absolute Gasteiger partial charge is 0.478 e. The van der Waals surface area contributed by atoms with Crippen LogP contribution in [0.2, 0.25) is 0 Å². The highest BCUT2D eigenvalue weighted by Gasteiger charge is 2.15. The van der Waals surface area contributed by atoms with Crippen LogP contribution in [-0.4, -0.2) is 22.3 Å². The molecule has 2 aromatic rings. The number of carboxylic acids is 1. The maximum Gasteiger partial charge on any atom is 0.511 e. The minimum atomic E-state index is -1.44. The highest BCUT2D eigenvalue weighted by molar-refractivity contribution is 5.97. The molecule has 0 aliphatic rings. The van der Waals surface area contributed by atoms with Crippen molar-refractivity contribution in [3.63, 3.8) is 0 Å². The molecular weight excluding hydrogens is 248 g/mol. The quantitative estimate of drug-likeness (QED) is 0.652. The van der Waals surface area contributed by atoms with Gasteiger partial charge in [-0.3, -0.25) is 0 Å². The Labute approximate surface area is 108 Å². The maximum absolute atomic E-state index is 11.2. The monoisotopic (exact) mass is 258 g/mol. The molecule has 0 aromatic heterocycles. The van der Waals surface area contributed by atoms with E-state index in [2.05, 4.69) is 4.74 Å². The summed E-state index contributed by atoms with van der Waals surface area (Å²) < 4.78 is 4.66. The second-order valence-electron chi connectivity index (χ2n) is 3.71. The number of hydrogen-bond acceptors (Lipinski definition) is 3. The normalized spacial score (nSPS) is 9.89. The predicted octanol–water partition coefficient (Wildman–Crippen LogP) is 3.11. The lowest BCUT2D eigenvalue weighted by molar-refractivity contribution is 0.0697. The van der Waals surface area contributed by atoms with Crippen LogP contribution in [0, 0.1) is 0 Å². The first-order chi connectivity index (χ1) is 9.09. The van der Waals surface area contributed by atoms with Crippen LogP contribution < -0.4 is 4.74 Å². The molecule has 0 aliphatic heterocycles. The van der Waals surface area contributed by atoms with Gasteiger partial charge in [-0.15, -0.1) is 0 Å². The summed E-state index contributed by atoms with van der Waals surface area (Å²) in [5, 5.41) is 17.8. The summed E-state index contributed by atoms with van der Waals surface area (Å²) in [6, 6.07) is 12.7. The van der Waals surface area contributed by atoms with Gasteiger partial charge in [0.25, 0.3) is 0 Å². The SMILES string of the molecule is O=C(O)Oc1ccccc1-c1ccccc1C(=O)O. The molecule has 2 rings (SSSR count). The zero-order valence-electron chi connectivity index (χ0n) is 9.74. The fourth-order valence-electron chi connectivity index (χ4n) is 1.78. The second-order valence-corrected chi connectivity index (χ2v) is 3.71. The molecule has 0 unspecified atom stereocenters. The van der Waals surface area contributed by atoms with Crippen molar-refractivity contribution in [3.05, 3.63) is 54.1 Å². The molecule has 19 heavy (non-hydrogen) atoms. The molecule has 0 saturated carbocycles. The molecule has 5 nitrogen and oxygen atoms in total. The number of benzene rings is 2. The van der Waals surface area contributed by atoms with Crippen molar-refractivity contribution in [1.82, 2.24) is 0 Å². The molecule has 0 atom stereocenters. The zero-order valence-corrected chi connectivity index (χ0v) is 9.74.